The van der Waals surface area contributed by atoms with Crippen LogP contribution in [0.15, 0.2) is 35.4 Å². The fourth-order valence-electron chi connectivity index (χ4n) is 1.88. The Kier molecular flexibility index (Phi) is 4.32. The fourth-order valence-corrected chi connectivity index (χ4v) is 3.30. The molecule has 1 aromatic carbocycles. The Morgan fingerprint density at radius 2 is 2.05 bits per heavy atom. The normalized spacial score (nSPS) is 12.8. The van der Waals surface area contributed by atoms with E-state index in [0.717, 1.165) is 10.9 Å². The monoisotopic (exact) mass is 308 g/mol. The van der Waals surface area contributed by atoms with Crippen LogP contribution in [0.3, 0.4) is 0 Å². The second-order valence-corrected chi connectivity index (χ2v) is 7.72. The van der Waals surface area contributed by atoms with Gasteiger partial charge in [-0.1, -0.05) is 26.0 Å². The Labute approximate surface area is 125 Å². The first kappa shape index (κ1) is 15.9. The number of fused-ring (bicyclic) bond motifs is 1. The zero-order valence-electron chi connectivity index (χ0n) is 12.4. The van der Waals surface area contributed by atoms with Gasteiger partial charge >= 0.3 is 0 Å². The maximum atomic E-state index is 12.5. The van der Waals surface area contributed by atoms with E-state index in [2.05, 4.69) is 9.71 Å². The second-order valence-electron chi connectivity index (χ2n) is 5.99. The number of para-hydroxylation sites is 1. The third kappa shape index (κ3) is 3.58. The van der Waals surface area contributed by atoms with E-state index in [1.54, 1.807) is 32.2 Å². The summed E-state index contributed by atoms with van der Waals surface area (Å²) in [7, 11) is -3.67. The average molecular weight is 308 g/mol. The van der Waals surface area contributed by atoms with Gasteiger partial charge in [-0.2, -0.15) is 0 Å². The molecule has 21 heavy (non-hydrogen) atoms. The molecule has 6 heteroatoms. The van der Waals surface area contributed by atoms with Gasteiger partial charge in [-0.15, -0.1) is 0 Å². The molecule has 0 aliphatic heterocycles. The molecule has 0 aliphatic carbocycles. The second kappa shape index (κ2) is 5.71. The number of pyridine rings is 1. The molecule has 0 bridgehead atoms. The van der Waals surface area contributed by atoms with Crippen LogP contribution in [0.5, 0.6) is 0 Å². The van der Waals surface area contributed by atoms with E-state index in [1.165, 1.54) is 0 Å². The van der Waals surface area contributed by atoms with Gasteiger partial charge < -0.3 is 5.11 Å². The molecule has 0 atom stereocenters. The first-order valence-corrected chi connectivity index (χ1v) is 8.19. The first-order chi connectivity index (χ1) is 9.75. The standard InChI is InChI=1S/C15H20N2O3S/c1-11-7-12-5-4-6-13(14(12)16-8-11)21(19,20)17-9-15(2,3)10-18/h4-8,17-18H,9-10H2,1-3H3. The summed E-state index contributed by atoms with van der Waals surface area (Å²) in [6, 6.07) is 6.99. The lowest BCUT2D eigenvalue weighted by Gasteiger charge is -2.22. The van der Waals surface area contributed by atoms with Crippen LogP contribution in [-0.2, 0) is 10.0 Å². The zero-order chi connectivity index (χ0) is 15.7. The molecule has 2 rings (SSSR count). The average Bonchev–Trinajstić information content (AvgIpc) is 2.44. The maximum absolute atomic E-state index is 12.5. The van der Waals surface area contributed by atoms with Gasteiger partial charge in [0.05, 0.1) is 5.52 Å². The number of sulfonamides is 1. The number of aliphatic hydroxyl groups excluding tert-OH is 1. The Bertz CT molecular complexity index is 755. The van der Waals surface area contributed by atoms with Crippen molar-refractivity contribution in [3.8, 4) is 0 Å². The predicted molar refractivity (Wildman–Crippen MR) is 82.5 cm³/mol. The number of hydrogen-bond donors (Lipinski definition) is 2. The predicted octanol–water partition coefficient (Wildman–Crippen LogP) is 1.84. The minimum absolute atomic E-state index is 0.0947. The highest BCUT2D eigenvalue weighted by atomic mass is 32.2. The van der Waals surface area contributed by atoms with Crippen molar-refractivity contribution in [1.82, 2.24) is 9.71 Å². The highest BCUT2D eigenvalue weighted by Gasteiger charge is 2.23. The number of aryl methyl sites for hydroxylation is 1. The summed E-state index contributed by atoms with van der Waals surface area (Å²) in [4.78, 5) is 4.40. The quantitative estimate of drug-likeness (QED) is 0.883. The van der Waals surface area contributed by atoms with Crippen LogP contribution in [0.25, 0.3) is 10.9 Å². The Morgan fingerprint density at radius 3 is 2.71 bits per heavy atom. The van der Waals surface area contributed by atoms with Crippen LogP contribution in [0, 0.1) is 12.3 Å². The molecule has 0 saturated carbocycles. The molecule has 0 fully saturated rings. The van der Waals surface area contributed by atoms with Gasteiger partial charge in [0.15, 0.2) is 0 Å². The number of nitrogens with zero attached hydrogens (tertiary/aromatic N) is 1. The smallest absolute Gasteiger partial charge is 0.242 e. The number of hydrogen-bond acceptors (Lipinski definition) is 4. The number of benzene rings is 1. The number of nitrogens with one attached hydrogen (secondary N) is 1. The molecule has 114 valence electrons. The van der Waals surface area contributed by atoms with Crippen molar-refractivity contribution in [2.24, 2.45) is 5.41 Å². The van der Waals surface area contributed by atoms with Crippen molar-refractivity contribution in [2.45, 2.75) is 25.7 Å². The summed E-state index contributed by atoms with van der Waals surface area (Å²) in [6.45, 7) is 5.56. The molecule has 2 N–H and O–H groups in total. The lowest BCUT2D eigenvalue weighted by atomic mass is 9.96. The van der Waals surface area contributed by atoms with Crippen molar-refractivity contribution >= 4 is 20.9 Å². The van der Waals surface area contributed by atoms with Crippen LogP contribution < -0.4 is 4.72 Å². The number of aromatic nitrogens is 1. The summed E-state index contributed by atoms with van der Waals surface area (Å²) in [5.74, 6) is 0. The molecule has 0 spiro atoms. The van der Waals surface area contributed by atoms with Gasteiger partial charge in [0.25, 0.3) is 0 Å². The molecule has 0 saturated heterocycles. The van der Waals surface area contributed by atoms with Gasteiger partial charge in [-0.25, -0.2) is 13.1 Å². The van der Waals surface area contributed by atoms with Gasteiger partial charge in [0.2, 0.25) is 10.0 Å². The molecule has 1 aromatic heterocycles. The lowest BCUT2D eigenvalue weighted by molar-refractivity contribution is 0.163. The van der Waals surface area contributed by atoms with Crippen molar-refractivity contribution in [2.75, 3.05) is 13.2 Å². The van der Waals surface area contributed by atoms with E-state index in [-0.39, 0.29) is 18.0 Å². The summed E-state index contributed by atoms with van der Waals surface area (Å²) >= 11 is 0. The van der Waals surface area contributed by atoms with Crippen LogP contribution >= 0.6 is 0 Å². The van der Waals surface area contributed by atoms with E-state index in [9.17, 15) is 13.5 Å². The molecule has 0 aliphatic rings. The Hall–Kier alpha value is -1.50. The fraction of sp³-hybridized carbons (Fsp3) is 0.400. The van der Waals surface area contributed by atoms with Crippen molar-refractivity contribution in [1.29, 1.82) is 0 Å². The topological polar surface area (TPSA) is 79.3 Å². The molecule has 2 aromatic rings. The summed E-state index contributed by atoms with van der Waals surface area (Å²) in [5, 5.41) is 10.0. The van der Waals surface area contributed by atoms with Gasteiger partial charge in [-0.05, 0) is 24.6 Å². The van der Waals surface area contributed by atoms with E-state index in [0.29, 0.717) is 5.52 Å². The van der Waals surface area contributed by atoms with Gasteiger partial charge in [0, 0.05) is 30.1 Å². The van der Waals surface area contributed by atoms with Crippen LogP contribution in [0.1, 0.15) is 19.4 Å². The van der Waals surface area contributed by atoms with Crippen LogP contribution in [0.2, 0.25) is 0 Å². The maximum Gasteiger partial charge on any atom is 0.242 e. The van der Waals surface area contributed by atoms with Crippen molar-refractivity contribution < 1.29 is 13.5 Å². The molecule has 0 radical (unpaired) electrons. The number of aliphatic hydroxyl groups is 1. The van der Waals surface area contributed by atoms with E-state index in [1.807, 2.05) is 19.1 Å². The van der Waals surface area contributed by atoms with E-state index in [4.69, 9.17) is 0 Å². The molecular weight excluding hydrogens is 288 g/mol. The largest absolute Gasteiger partial charge is 0.396 e. The Morgan fingerprint density at radius 1 is 1.33 bits per heavy atom. The highest BCUT2D eigenvalue weighted by Crippen LogP contribution is 2.22. The summed E-state index contributed by atoms with van der Waals surface area (Å²) < 4.78 is 27.5. The van der Waals surface area contributed by atoms with Crippen molar-refractivity contribution in [3.63, 3.8) is 0 Å². The lowest BCUT2D eigenvalue weighted by Crippen LogP contribution is -2.36. The molecule has 1 heterocycles. The van der Waals surface area contributed by atoms with Gasteiger partial charge in [-0.3, -0.25) is 4.98 Å². The SMILES string of the molecule is Cc1cnc2c(S(=O)(=O)NCC(C)(C)CO)cccc2c1. The van der Waals surface area contributed by atoms with Crippen LogP contribution in [-0.4, -0.2) is 31.7 Å². The molecule has 0 amide bonds. The molecule has 0 unspecified atom stereocenters. The minimum Gasteiger partial charge on any atom is -0.396 e. The minimum atomic E-state index is -3.67. The van der Waals surface area contributed by atoms with Gasteiger partial charge in [0.1, 0.15) is 4.90 Å². The van der Waals surface area contributed by atoms with Crippen LogP contribution in [0.4, 0.5) is 0 Å². The summed E-state index contributed by atoms with van der Waals surface area (Å²) in [6.07, 6.45) is 1.65. The molecule has 5 nitrogen and oxygen atoms in total. The third-order valence-electron chi connectivity index (χ3n) is 3.27. The highest BCUT2D eigenvalue weighted by molar-refractivity contribution is 7.89. The van der Waals surface area contributed by atoms with E-state index < -0.39 is 15.4 Å². The number of rotatable bonds is 5. The Balaban J connectivity index is 2.41. The summed E-state index contributed by atoms with van der Waals surface area (Å²) in [5.41, 5.74) is 0.922. The zero-order valence-corrected chi connectivity index (χ0v) is 13.2. The van der Waals surface area contributed by atoms with E-state index >= 15 is 0 Å². The first-order valence-electron chi connectivity index (χ1n) is 6.71. The molecular formula is C15H20N2O3S. The van der Waals surface area contributed by atoms with Crippen molar-refractivity contribution in [3.05, 3.63) is 36.0 Å². The third-order valence-corrected chi connectivity index (χ3v) is 4.70.